The van der Waals surface area contributed by atoms with Gasteiger partial charge in [0.2, 0.25) is 0 Å². The van der Waals surface area contributed by atoms with E-state index in [-0.39, 0.29) is 0 Å². The fourth-order valence-corrected chi connectivity index (χ4v) is 1.66. The lowest BCUT2D eigenvalue weighted by molar-refractivity contribution is -0.139. The molecule has 0 aromatic heterocycles. The second kappa shape index (κ2) is 5.63. The van der Waals surface area contributed by atoms with E-state index in [0.29, 0.717) is 10.6 Å². The van der Waals surface area contributed by atoms with E-state index in [1.807, 2.05) is 0 Å². The lowest BCUT2D eigenvalue weighted by atomic mass is 10.0. The Labute approximate surface area is 116 Å². The number of hydrogen-bond acceptors (Lipinski definition) is 3. The number of rotatable bonds is 4. The van der Waals surface area contributed by atoms with Gasteiger partial charge in [-0.3, -0.25) is 4.79 Å². The molecule has 0 radical (unpaired) electrons. The van der Waals surface area contributed by atoms with Gasteiger partial charge < -0.3 is 10.4 Å². The van der Waals surface area contributed by atoms with Crippen molar-refractivity contribution < 1.29 is 14.7 Å². The summed E-state index contributed by atoms with van der Waals surface area (Å²) < 4.78 is -0.867. The third-order valence-corrected chi connectivity index (χ3v) is 2.85. The number of carbonyl (C=O) groups is 2. The van der Waals surface area contributed by atoms with Gasteiger partial charge in [-0.25, -0.2) is 4.79 Å². The summed E-state index contributed by atoms with van der Waals surface area (Å²) in [4.78, 5) is 22.9. The zero-order chi connectivity index (χ0) is 13.9. The Bertz CT molecular complexity index is 453. The van der Waals surface area contributed by atoms with Gasteiger partial charge in [0, 0.05) is 15.3 Å². The maximum absolute atomic E-state index is 11.9. The molecular formula is C12H14ClNO3S. The molecule has 0 aliphatic heterocycles. The number of benzene rings is 1. The summed E-state index contributed by atoms with van der Waals surface area (Å²) in [5.41, 5.74) is 0.350. The van der Waals surface area contributed by atoms with Crippen LogP contribution in [0.2, 0.25) is 5.02 Å². The minimum Gasteiger partial charge on any atom is -0.480 e. The van der Waals surface area contributed by atoms with Gasteiger partial charge in [-0.05, 0) is 38.1 Å². The normalized spacial score (nSPS) is 12.9. The summed E-state index contributed by atoms with van der Waals surface area (Å²) in [5, 5.41) is 12.0. The highest BCUT2D eigenvalue weighted by Crippen LogP contribution is 2.18. The highest BCUT2D eigenvalue weighted by molar-refractivity contribution is 7.81. The molecule has 1 aromatic rings. The number of hydrogen-bond donors (Lipinski definition) is 3. The first-order chi connectivity index (χ1) is 8.21. The molecule has 4 nitrogen and oxygen atoms in total. The second-order valence-corrected chi connectivity index (χ2v) is 5.99. The summed E-state index contributed by atoms with van der Waals surface area (Å²) >= 11 is 9.88. The van der Waals surface area contributed by atoms with Crippen molar-refractivity contribution in [2.75, 3.05) is 0 Å². The van der Waals surface area contributed by atoms with E-state index < -0.39 is 22.7 Å². The fraction of sp³-hybridized carbons (Fsp3) is 0.333. The summed E-state index contributed by atoms with van der Waals surface area (Å²) in [6, 6.07) is 5.12. The van der Waals surface area contributed by atoms with E-state index in [1.54, 1.807) is 26.0 Å². The van der Waals surface area contributed by atoms with Gasteiger partial charge in [-0.1, -0.05) is 11.6 Å². The molecular weight excluding hydrogens is 274 g/mol. The predicted molar refractivity (Wildman–Crippen MR) is 73.4 cm³/mol. The number of nitrogens with one attached hydrogen (secondary N) is 1. The Morgan fingerprint density at radius 3 is 2.22 bits per heavy atom. The van der Waals surface area contributed by atoms with E-state index in [0.717, 1.165) is 0 Å². The van der Waals surface area contributed by atoms with E-state index in [4.69, 9.17) is 16.7 Å². The van der Waals surface area contributed by atoms with Crippen molar-refractivity contribution in [3.63, 3.8) is 0 Å². The molecule has 18 heavy (non-hydrogen) atoms. The number of amides is 1. The molecule has 1 aromatic carbocycles. The number of carbonyl (C=O) groups excluding carboxylic acids is 1. The second-order valence-electron chi connectivity index (χ2n) is 4.41. The Kier molecular flexibility index (Phi) is 4.65. The highest BCUT2D eigenvalue weighted by atomic mass is 35.5. The zero-order valence-corrected chi connectivity index (χ0v) is 11.6. The minimum absolute atomic E-state index is 0.350. The van der Waals surface area contributed by atoms with Crippen LogP contribution in [0.5, 0.6) is 0 Å². The van der Waals surface area contributed by atoms with E-state index >= 15 is 0 Å². The molecule has 0 fully saturated rings. The van der Waals surface area contributed by atoms with E-state index in [2.05, 4.69) is 17.9 Å². The number of halogens is 1. The van der Waals surface area contributed by atoms with Crippen LogP contribution in [0.25, 0.3) is 0 Å². The Balaban J connectivity index is 2.86. The molecule has 0 aliphatic rings. The van der Waals surface area contributed by atoms with Crippen LogP contribution in [0.3, 0.4) is 0 Å². The lowest BCUT2D eigenvalue weighted by Gasteiger charge is -2.26. The smallest absolute Gasteiger partial charge is 0.327 e. The van der Waals surface area contributed by atoms with Gasteiger partial charge in [-0.2, -0.15) is 12.6 Å². The minimum atomic E-state index is -1.13. The van der Waals surface area contributed by atoms with Crippen LogP contribution in [-0.4, -0.2) is 27.8 Å². The van der Waals surface area contributed by atoms with Crippen LogP contribution in [-0.2, 0) is 4.79 Å². The number of aliphatic carboxylic acids is 1. The molecule has 0 saturated carbocycles. The van der Waals surface area contributed by atoms with Crippen LogP contribution in [0, 0.1) is 0 Å². The molecule has 98 valence electrons. The van der Waals surface area contributed by atoms with Crippen molar-refractivity contribution in [1.82, 2.24) is 5.32 Å². The first kappa shape index (κ1) is 14.9. The van der Waals surface area contributed by atoms with Crippen molar-refractivity contribution in [2.24, 2.45) is 0 Å². The fourth-order valence-electron chi connectivity index (χ4n) is 1.36. The van der Waals surface area contributed by atoms with Crippen LogP contribution in [0.15, 0.2) is 24.3 Å². The quantitative estimate of drug-likeness (QED) is 0.744. The summed E-state index contributed by atoms with van der Waals surface area (Å²) in [6.45, 7) is 3.24. The van der Waals surface area contributed by atoms with Crippen LogP contribution >= 0.6 is 24.2 Å². The van der Waals surface area contributed by atoms with E-state index in [9.17, 15) is 9.59 Å². The number of carboxylic acids is 1. The van der Waals surface area contributed by atoms with Gasteiger partial charge in [0.05, 0.1) is 0 Å². The molecule has 1 unspecified atom stereocenters. The predicted octanol–water partition coefficient (Wildman–Crippen LogP) is 2.23. The topological polar surface area (TPSA) is 66.4 Å². The maximum atomic E-state index is 11.9. The van der Waals surface area contributed by atoms with Crippen molar-refractivity contribution >= 4 is 36.1 Å². The number of thiol groups is 1. The van der Waals surface area contributed by atoms with Gasteiger partial charge in [-0.15, -0.1) is 0 Å². The van der Waals surface area contributed by atoms with Crippen molar-refractivity contribution in [1.29, 1.82) is 0 Å². The van der Waals surface area contributed by atoms with Crippen LogP contribution in [0.4, 0.5) is 0 Å². The molecule has 0 bridgehead atoms. The summed E-state index contributed by atoms with van der Waals surface area (Å²) in [5.74, 6) is -1.60. The van der Waals surface area contributed by atoms with E-state index in [1.165, 1.54) is 12.1 Å². The lowest BCUT2D eigenvalue weighted by Crippen LogP contribution is -2.51. The molecule has 0 aliphatic carbocycles. The van der Waals surface area contributed by atoms with Crippen LogP contribution < -0.4 is 5.32 Å². The average molecular weight is 288 g/mol. The maximum Gasteiger partial charge on any atom is 0.327 e. The highest BCUT2D eigenvalue weighted by Gasteiger charge is 2.33. The number of carboxylic acid groups (broad SMARTS) is 1. The molecule has 1 rings (SSSR count). The Morgan fingerprint density at radius 2 is 1.83 bits per heavy atom. The molecule has 0 spiro atoms. The first-order valence-electron chi connectivity index (χ1n) is 5.23. The first-order valence-corrected chi connectivity index (χ1v) is 6.06. The average Bonchev–Trinajstić information content (AvgIpc) is 2.24. The Hall–Kier alpha value is -1.20. The largest absolute Gasteiger partial charge is 0.480 e. The Morgan fingerprint density at radius 1 is 1.33 bits per heavy atom. The van der Waals surface area contributed by atoms with Gasteiger partial charge in [0.15, 0.2) is 0 Å². The third kappa shape index (κ3) is 3.92. The zero-order valence-electron chi connectivity index (χ0n) is 9.98. The standard InChI is InChI=1S/C12H14ClNO3S/c1-12(2,18)9(11(16)17)14-10(15)7-3-5-8(13)6-4-7/h3-6,9,18H,1-2H3,(H,14,15)(H,16,17). The SMILES string of the molecule is CC(C)(S)C(NC(=O)c1ccc(Cl)cc1)C(=O)O. The molecule has 2 N–H and O–H groups in total. The molecule has 6 heteroatoms. The molecule has 0 heterocycles. The van der Waals surface area contributed by atoms with Gasteiger partial charge in [0.25, 0.3) is 5.91 Å². The summed E-state index contributed by atoms with van der Waals surface area (Å²) in [6.07, 6.45) is 0. The van der Waals surface area contributed by atoms with Gasteiger partial charge >= 0.3 is 5.97 Å². The van der Waals surface area contributed by atoms with Crippen LogP contribution in [0.1, 0.15) is 24.2 Å². The molecule has 1 amide bonds. The van der Waals surface area contributed by atoms with Gasteiger partial charge in [0.1, 0.15) is 6.04 Å². The molecule has 1 atom stereocenters. The van der Waals surface area contributed by atoms with Crippen molar-refractivity contribution in [3.05, 3.63) is 34.9 Å². The third-order valence-electron chi connectivity index (χ3n) is 2.34. The summed E-state index contributed by atoms with van der Waals surface area (Å²) in [7, 11) is 0. The monoisotopic (exact) mass is 287 g/mol. The molecule has 0 saturated heterocycles. The van der Waals surface area contributed by atoms with Crippen molar-refractivity contribution in [2.45, 2.75) is 24.6 Å². The van der Waals surface area contributed by atoms with Crippen molar-refractivity contribution in [3.8, 4) is 0 Å².